The molecule has 1 aromatic heterocycles. The van der Waals surface area contributed by atoms with Crippen LogP contribution in [0.2, 0.25) is 0 Å². The average Bonchev–Trinajstić information content (AvgIpc) is 3.37. The number of aromatic nitrogens is 1. The largest absolute Gasteiger partial charge is 0.497 e. The Bertz CT molecular complexity index is 1440. The van der Waals surface area contributed by atoms with Gasteiger partial charge in [-0.15, -0.1) is 0 Å². The summed E-state index contributed by atoms with van der Waals surface area (Å²) >= 11 is 0. The van der Waals surface area contributed by atoms with Crippen molar-refractivity contribution in [3.8, 4) is 23.0 Å². The van der Waals surface area contributed by atoms with Crippen LogP contribution >= 0.6 is 0 Å². The first kappa shape index (κ1) is 35.0. The molecule has 1 aliphatic rings. The first-order valence-corrected chi connectivity index (χ1v) is 16.3. The van der Waals surface area contributed by atoms with Crippen molar-refractivity contribution in [3.05, 3.63) is 65.5 Å². The number of nitrogens with zero attached hydrogens (tertiary/aromatic N) is 2. The van der Waals surface area contributed by atoms with Crippen molar-refractivity contribution >= 4 is 12.1 Å². The second kappa shape index (κ2) is 15.6. The topological polar surface area (TPSA) is 100 Å². The maximum absolute atomic E-state index is 13.7. The molecule has 4 rings (SSSR count). The zero-order valence-corrected chi connectivity index (χ0v) is 28.6. The van der Waals surface area contributed by atoms with E-state index in [4.69, 9.17) is 28.3 Å². The third-order valence-electron chi connectivity index (χ3n) is 8.24. The molecule has 0 spiro atoms. The Hall–Kier alpha value is -3.85. The molecule has 0 saturated heterocycles. The number of aryl methyl sites for hydroxylation is 2. The number of hydrogen-bond donors (Lipinski definition) is 0. The lowest BCUT2D eigenvalue weighted by Gasteiger charge is -2.36. The molecule has 3 aromatic rings. The molecule has 2 aromatic carbocycles. The van der Waals surface area contributed by atoms with E-state index in [1.807, 2.05) is 66.7 Å². The molecule has 0 aliphatic heterocycles. The van der Waals surface area contributed by atoms with Gasteiger partial charge in [-0.1, -0.05) is 44.4 Å². The number of amides is 1. The fourth-order valence-corrected chi connectivity index (χ4v) is 5.91. The Morgan fingerprint density at radius 3 is 2.41 bits per heavy atom. The standard InChI is InChI=1S/C37H50N2O7/c1-24(2)33(35(40)46-37(5,6)7)39(36(41)45-30-17-15-29(42-8)16-18-30)20-19-27-12-10-14-31(22-27)43-23-32-26(4)44-34(38-32)28-13-9-11-25(3)21-28/h9,11,13,15-18,21,24,27,31,33H,10,12,14,19-20,22-23H2,1-8H3/t27?,31?,33-/m0/s1. The van der Waals surface area contributed by atoms with E-state index in [9.17, 15) is 9.59 Å². The molecule has 1 amide bonds. The van der Waals surface area contributed by atoms with Crippen LogP contribution < -0.4 is 9.47 Å². The molecule has 9 heteroatoms. The Labute approximate surface area is 273 Å². The number of methoxy groups -OCH3 is 1. The smallest absolute Gasteiger partial charge is 0.415 e. The Morgan fingerprint density at radius 2 is 1.76 bits per heavy atom. The number of oxazole rings is 1. The highest BCUT2D eigenvalue weighted by Gasteiger charge is 2.37. The Kier molecular flexibility index (Phi) is 11.9. The van der Waals surface area contributed by atoms with Gasteiger partial charge in [-0.05, 0) is 102 Å². The summed E-state index contributed by atoms with van der Waals surface area (Å²) in [5.41, 5.74) is 2.22. The van der Waals surface area contributed by atoms with Gasteiger partial charge in [0.25, 0.3) is 0 Å². The van der Waals surface area contributed by atoms with Crippen molar-refractivity contribution in [1.82, 2.24) is 9.88 Å². The second-order valence-corrected chi connectivity index (χ2v) is 13.6. The van der Waals surface area contributed by atoms with Gasteiger partial charge in [0.05, 0.1) is 19.8 Å². The average molecular weight is 635 g/mol. The van der Waals surface area contributed by atoms with Gasteiger partial charge in [0.15, 0.2) is 0 Å². The molecule has 1 aliphatic carbocycles. The van der Waals surface area contributed by atoms with E-state index < -0.39 is 23.7 Å². The van der Waals surface area contributed by atoms with Gasteiger partial charge in [0, 0.05) is 12.1 Å². The van der Waals surface area contributed by atoms with Crippen LogP contribution in [-0.4, -0.2) is 53.3 Å². The van der Waals surface area contributed by atoms with Crippen LogP contribution in [0, 0.1) is 25.7 Å². The van der Waals surface area contributed by atoms with E-state index in [1.165, 1.54) is 0 Å². The highest BCUT2D eigenvalue weighted by Crippen LogP contribution is 2.31. The van der Waals surface area contributed by atoms with Gasteiger partial charge in [-0.25, -0.2) is 14.6 Å². The van der Waals surface area contributed by atoms with Crippen molar-refractivity contribution < 1.29 is 33.0 Å². The predicted octanol–water partition coefficient (Wildman–Crippen LogP) is 8.30. The summed E-state index contributed by atoms with van der Waals surface area (Å²) in [6.07, 6.45) is 4.09. The molecule has 46 heavy (non-hydrogen) atoms. The minimum absolute atomic E-state index is 0.0729. The van der Waals surface area contributed by atoms with Crippen molar-refractivity contribution in [2.24, 2.45) is 11.8 Å². The minimum Gasteiger partial charge on any atom is -0.497 e. The summed E-state index contributed by atoms with van der Waals surface area (Å²) in [7, 11) is 1.58. The molecule has 2 unspecified atom stereocenters. The quantitative estimate of drug-likeness (QED) is 0.184. The van der Waals surface area contributed by atoms with Crippen LogP contribution in [0.5, 0.6) is 11.5 Å². The SMILES string of the molecule is COc1ccc(OC(=O)N(CCC2CCCC(OCc3nc(-c4cccc(C)c4)oc3C)C2)[C@H](C(=O)OC(C)(C)C)C(C)C)cc1. The number of carbonyl (C=O) groups excluding carboxylic acids is 2. The third kappa shape index (κ3) is 9.82. The first-order valence-electron chi connectivity index (χ1n) is 16.3. The normalized spacial score (nSPS) is 17.4. The zero-order chi connectivity index (χ0) is 33.4. The van der Waals surface area contributed by atoms with Crippen LogP contribution in [0.4, 0.5) is 4.79 Å². The number of rotatable bonds is 12. The lowest BCUT2D eigenvalue weighted by atomic mass is 9.84. The fraction of sp³-hybridized carbons (Fsp3) is 0.541. The van der Waals surface area contributed by atoms with E-state index in [2.05, 4.69) is 6.07 Å². The van der Waals surface area contributed by atoms with Crippen molar-refractivity contribution in [3.63, 3.8) is 0 Å². The number of benzene rings is 2. The van der Waals surface area contributed by atoms with Crippen LogP contribution in [0.15, 0.2) is 52.9 Å². The maximum Gasteiger partial charge on any atom is 0.415 e. The monoisotopic (exact) mass is 634 g/mol. The van der Waals surface area contributed by atoms with Gasteiger partial charge in [0.1, 0.15) is 34.6 Å². The molecule has 0 radical (unpaired) electrons. The molecule has 0 N–H and O–H groups in total. The number of esters is 1. The molecule has 3 atom stereocenters. The van der Waals surface area contributed by atoms with E-state index in [0.717, 1.165) is 48.3 Å². The number of ether oxygens (including phenoxy) is 4. The lowest BCUT2D eigenvalue weighted by molar-refractivity contribution is -0.162. The molecular formula is C37H50N2O7. The van der Waals surface area contributed by atoms with Gasteiger partial charge in [-0.2, -0.15) is 0 Å². The van der Waals surface area contributed by atoms with E-state index in [1.54, 1.807) is 36.3 Å². The van der Waals surface area contributed by atoms with Gasteiger partial charge in [0.2, 0.25) is 5.89 Å². The Balaban J connectivity index is 1.42. The molecule has 9 nitrogen and oxygen atoms in total. The van der Waals surface area contributed by atoms with Crippen molar-refractivity contribution in [2.75, 3.05) is 13.7 Å². The summed E-state index contributed by atoms with van der Waals surface area (Å²) in [5, 5.41) is 0. The van der Waals surface area contributed by atoms with E-state index in [0.29, 0.717) is 42.9 Å². The number of carbonyl (C=O) groups is 2. The summed E-state index contributed by atoms with van der Waals surface area (Å²) in [4.78, 5) is 33.3. The molecule has 1 saturated carbocycles. The minimum atomic E-state index is -0.793. The summed E-state index contributed by atoms with van der Waals surface area (Å²) in [5.74, 6) is 2.10. The van der Waals surface area contributed by atoms with E-state index in [-0.39, 0.29) is 12.0 Å². The Morgan fingerprint density at radius 1 is 1.04 bits per heavy atom. The van der Waals surface area contributed by atoms with Crippen molar-refractivity contribution in [1.29, 1.82) is 0 Å². The zero-order valence-electron chi connectivity index (χ0n) is 28.6. The highest BCUT2D eigenvalue weighted by atomic mass is 16.6. The molecule has 1 heterocycles. The molecule has 0 bridgehead atoms. The first-order chi connectivity index (χ1) is 21.8. The van der Waals surface area contributed by atoms with Crippen LogP contribution in [0.25, 0.3) is 11.5 Å². The van der Waals surface area contributed by atoms with Gasteiger partial charge >= 0.3 is 12.1 Å². The fourth-order valence-electron chi connectivity index (χ4n) is 5.91. The summed E-state index contributed by atoms with van der Waals surface area (Å²) in [6, 6.07) is 14.1. The number of hydrogen-bond acceptors (Lipinski definition) is 8. The van der Waals surface area contributed by atoms with Crippen LogP contribution in [0.3, 0.4) is 0 Å². The predicted molar refractivity (Wildman–Crippen MR) is 177 cm³/mol. The molecular weight excluding hydrogens is 584 g/mol. The molecule has 1 fully saturated rings. The van der Waals surface area contributed by atoms with Crippen molar-refractivity contribution in [2.45, 2.75) is 105 Å². The van der Waals surface area contributed by atoms with Gasteiger partial charge < -0.3 is 23.4 Å². The maximum atomic E-state index is 13.7. The van der Waals surface area contributed by atoms with Crippen LogP contribution in [-0.2, 0) is 20.9 Å². The lowest BCUT2D eigenvalue weighted by Crippen LogP contribution is -2.51. The third-order valence-corrected chi connectivity index (χ3v) is 8.24. The second-order valence-electron chi connectivity index (χ2n) is 13.6. The molecule has 250 valence electrons. The van der Waals surface area contributed by atoms with Gasteiger partial charge in [-0.3, -0.25) is 4.90 Å². The van der Waals surface area contributed by atoms with Crippen LogP contribution in [0.1, 0.15) is 83.7 Å². The summed E-state index contributed by atoms with van der Waals surface area (Å²) < 4.78 is 29.1. The van der Waals surface area contributed by atoms with E-state index >= 15 is 0 Å². The highest BCUT2D eigenvalue weighted by molar-refractivity contribution is 5.82. The summed E-state index contributed by atoms with van der Waals surface area (Å²) in [6.45, 7) is 14.0.